The van der Waals surface area contributed by atoms with Crippen LogP contribution in [0, 0.1) is 10.1 Å². The maximum atomic E-state index is 10.8. The second kappa shape index (κ2) is 5.61. The van der Waals surface area contributed by atoms with E-state index in [1.807, 2.05) is 0 Å². The molecule has 10 heteroatoms. The third-order valence-corrected chi connectivity index (χ3v) is 3.69. The Labute approximate surface area is 125 Å². The number of carboxylic acids is 1. The van der Waals surface area contributed by atoms with E-state index in [1.165, 1.54) is 18.2 Å². The van der Waals surface area contributed by atoms with Crippen LogP contribution in [0.4, 0.5) is 5.69 Å². The average Bonchev–Trinajstić information content (AvgIpc) is 2.70. The zero-order chi connectivity index (χ0) is 14.9. The normalized spacial score (nSPS) is 10.3. The van der Waals surface area contributed by atoms with Crippen molar-refractivity contribution >= 4 is 46.2 Å². The van der Waals surface area contributed by atoms with Crippen LogP contribution in [0.3, 0.4) is 0 Å². The lowest BCUT2D eigenvalue weighted by atomic mass is 10.3. The predicted octanol–water partition coefficient (Wildman–Crippen LogP) is 3.85. The molecule has 20 heavy (non-hydrogen) atoms. The van der Waals surface area contributed by atoms with Crippen molar-refractivity contribution in [1.29, 1.82) is 0 Å². The SMILES string of the molecule is O=C(O)c1sc(Oc2ccc([N+](=O)[O-])c(Cl)c2)nc1Cl. The number of aromatic carboxylic acids is 1. The molecule has 2 aromatic rings. The van der Waals surface area contributed by atoms with Crippen molar-refractivity contribution in [2.45, 2.75) is 0 Å². The number of benzene rings is 1. The lowest BCUT2D eigenvalue weighted by Crippen LogP contribution is -1.91. The van der Waals surface area contributed by atoms with Crippen LogP contribution < -0.4 is 4.74 Å². The van der Waals surface area contributed by atoms with E-state index in [2.05, 4.69) is 4.98 Å². The van der Waals surface area contributed by atoms with Crippen molar-refractivity contribution in [3.05, 3.63) is 43.4 Å². The summed E-state index contributed by atoms with van der Waals surface area (Å²) in [6, 6.07) is 3.72. The first-order chi connectivity index (χ1) is 9.38. The molecule has 1 aromatic carbocycles. The van der Waals surface area contributed by atoms with Gasteiger partial charge < -0.3 is 9.84 Å². The van der Waals surface area contributed by atoms with E-state index in [-0.39, 0.29) is 31.7 Å². The number of aromatic nitrogens is 1. The Kier molecular flexibility index (Phi) is 4.07. The van der Waals surface area contributed by atoms with Gasteiger partial charge in [-0.2, -0.15) is 4.98 Å². The number of nitro benzene ring substituents is 1. The number of thiazole rings is 1. The molecule has 0 amide bonds. The highest BCUT2D eigenvalue weighted by atomic mass is 35.5. The second-order valence-corrected chi connectivity index (χ2v) is 5.10. The van der Waals surface area contributed by atoms with E-state index < -0.39 is 10.9 Å². The Balaban J connectivity index is 2.26. The third-order valence-electron chi connectivity index (χ3n) is 2.08. The molecule has 0 aliphatic heterocycles. The number of hydrogen-bond donors (Lipinski definition) is 1. The van der Waals surface area contributed by atoms with Crippen LogP contribution in [0.15, 0.2) is 18.2 Å². The maximum absolute atomic E-state index is 10.8. The van der Waals surface area contributed by atoms with Gasteiger partial charge in [0.25, 0.3) is 10.9 Å². The van der Waals surface area contributed by atoms with Gasteiger partial charge in [0.05, 0.1) is 4.92 Å². The summed E-state index contributed by atoms with van der Waals surface area (Å²) in [5.74, 6) is -1.04. The molecule has 1 heterocycles. The highest BCUT2D eigenvalue weighted by molar-refractivity contribution is 7.15. The number of nitro groups is 1. The number of carboxylic acid groups (broad SMARTS) is 1. The van der Waals surface area contributed by atoms with Gasteiger partial charge in [-0.3, -0.25) is 10.1 Å². The summed E-state index contributed by atoms with van der Waals surface area (Å²) >= 11 is 12.1. The number of halogens is 2. The number of carbonyl (C=O) groups is 1. The molecule has 0 fully saturated rings. The van der Waals surface area contributed by atoms with E-state index >= 15 is 0 Å². The summed E-state index contributed by atoms with van der Waals surface area (Å²) in [5, 5.41) is 19.1. The molecule has 1 aromatic heterocycles. The molecule has 0 aliphatic rings. The van der Waals surface area contributed by atoms with Gasteiger partial charge in [-0.25, -0.2) is 4.79 Å². The molecular formula is C10H4Cl2N2O5S. The van der Waals surface area contributed by atoms with Crippen LogP contribution in [0.25, 0.3) is 0 Å². The molecule has 0 saturated carbocycles. The van der Waals surface area contributed by atoms with E-state index in [0.717, 1.165) is 11.3 Å². The molecule has 0 saturated heterocycles. The molecular weight excluding hydrogens is 331 g/mol. The van der Waals surface area contributed by atoms with Gasteiger partial charge in [-0.1, -0.05) is 34.5 Å². The summed E-state index contributed by atoms with van der Waals surface area (Å²) in [4.78, 5) is 24.3. The van der Waals surface area contributed by atoms with E-state index in [9.17, 15) is 14.9 Å². The van der Waals surface area contributed by atoms with Crippen LogP contribution in [-0.2, 0) is 0 Å². The van der Waals surface area contributed by atoms with Crippen molar-refractivity contribution in [1.82, 2.24) is 4.98 Å². The molecule has 0 spiro atoms. The number of nitrogens with zero attached hydrogens (tertiary/aromatic N) is 2. The average molecular weight is 335 g/mol. The third kappa shape index (κ3) is 2.98. The standard InChI is InChI=1S/C10H4Cl2N2O5S/c11-5-3-4(1-2-6(5)14(17)18)19-10-13-8(12)7(20-10)9(15)16/h1-3H,(H,15,16). The van der Waals surface area contributed by atoms with Gasteiger partial charge in [0.2, 0.25) is 0 Å². The number of rotatable bonds is 4. The zero-order valence-corrected chi connectivity index (χ0v) is 11.7. The Morgan fingerprint density at radius 2 is 2.15 bits per heavy atom. The van der Waals surface area contributed by atoms with Gasteiger partial charge in [0.1, 0.15) is 10.8 Å². The van der Waals surface area contributed by atoms with Crippen molar-refractivity contribution in [2.24, 2.45) is 0 Å². The lowest BCUT2D eigenvalue weighted by molar-refractivity contribution is -0.384. The molecule has 0 unspecified atom stereocenters. The van der Waals surface area contributed by atoms with Crippen molar-refractivity contribution < 1.29 is 19.6 Å². The predicted molar refractivity (Wildman–Crippen MR) is 72.3 cm³/mol. The molecule has 104 valence electrons. The summed E-state index contributed by atoms with van der Waals surface area (Å²) in [7, 11) is 0. The monoisotopic (exact) mass is 334 g/mol. The van der Waals surface area contributed by atoms with E-state index in [1.54, 1.807) is 0 Å². The van der Waals surface area contributed by atoms with Crippen LogP contribution >= 0.6 is 34.5 Å². The summed E-state index contributed by atoms with van der Waals surface area (Å²) in [5.41, 5.74) is -0.262. The summed E-state index contributed by atoms with van der Waals surface area (Å²) < 4.78 is 5.26. The molecule has 1 N–H and O–H groups in total. The van der Waals surface area contributed by atoms with Crippen molar-refractivity contribution in [2.75, 3.05) is 0 Å². The Hall–Kier alpha value is -1.90. The summed E-state index contributed by atoms with van der Waals surface area (Å²) in [6.45, 7) is 0. The van der Waals surface area contributed by atoms with E-state index in [4.69, 9.17) is 33.0 Å². The number of hydrogen-bond acceptors (Lipinski definition) is 6. The van der Waals surface area contributed by atoms with Crippen LogP contribution in [-0.4, -0.2) is 21.0 Å². The first kappa shape index (κ1) is 14.5. The first-order valence-corrected chi connectivity index (χ1v) is 6.47. The molecule has 0 radical (unpaired) electrons. The van der Waals surface area contributed by atoms with Crippen LogP contribution in [0.2, 0.25) is 10.2 Å². The first-order valence-electron chi connectivity index (χ1n) is 4.90. The van der Waals surface area contributed by atoms with Crippen LogP contribution in [0.1, 0.15) is 9.67 Å². The van der Waals surface area contributed by atoms with Gasteiger partial charge >= 0.3 is 5.97 Å². The maximum Gasteiger partial charge on any atom is 0.349 e. The minimum absolute atomic E-state index is 0.00248. The van der Waals surface area contributed by atoms with E-state index in [0.29, 0.717) is 0 Å². The van der Waals surface area contributed by atoms with Crippen molar-refractivity contribution in [3.63, 3.8) is 0 Å². The van der Waals surface area contributed by atoms with Crippen molar-refractivity contribution in [3.8, 4) is 10.9 Å². The number of ether oxygens (including phenoxy) is 1. The zero-order valence-electron chi connectivity index (χ0n) is 9.37. The smallest absolute Gasteiger partial charge is 0.349 e. The minimum atomic E-state index is -1.22. The highest BCUT2D eigenvalue weighted by Crippen LogP contribution is 2.34. The molecule has 2 rings (SSSR count). The largest absolute Gasteiger partial charge is 0.477 e. The molecule has 0 atom stereocenters. The molecule has 7 nitrogen and oxygen atoms in total. The van der Waals surface area contributed by atoms with Gasteiger partial charge in [-0.05, 0) is 6.07 Å². The van der Waals surface area contributed by atoms with Crippen LogP contribution in [0.5, 0.6) is 10.9 Å². The lowest BCUT2D eigenvalue weighted by Gasteiger charge is -2.02. The molecule has 0 aliphatic carbocycles. The fourth-order valence-electron chi connectivity index (χ4n) is 1.26. The van der Waals surface area contributed by atoms with Gasteiger partial charge in [-0.15, -0.1) is 0 Å². The topological polar surface area (TPSA) is 103 Å². The quantitative estimate of drug-likeness (QED) is 0.672. The minimum Gasteiger partial charge on any atom is -0.477 e. The highest BCUT2D eigenvalue weighted by Gasteiger charge is 2.18. The Bertz CT molecular complexity index is 703. The molecule has 0 bridgehead atoms. The fraction of sp³-hybridized carbons (Fsp3) is 0. The Morgan fingerprint density at radius 1 is 1.45 bits per heavy atom. The van der Waals surface area contributed by atoms with Gasteiger partial charge in [0.15, 0.2) is 10.0 Å². The Morgan fingerprint density at radius 3 is 2.65 bits per heavy atom. The van der Waals surface area contributed by atoms with Gasteiger partial charge in [0, 0.05) is 12.1 Å². The fourth-order valence-corrected chi connectivity index (χ4v) is 2.49. The summed E-state index contributed by atoms with van der Waals surface area (Å²) in [6.07, 6.45) is 0. The second-order valence-electron chi connectivity index (χ2n) is 3.38.